The highest BCUT2D eigenvalue weighted by molar-refractivity contribution is 8.01. The van der Waals surface area contributed by atoms with E-state index in [1.54, 1.807) is 23.7 Å². The predicted octanol–water partition coefficient (Wildman–Crippen LogP) is 2.57. The second-order valence-corrected chi connectivity index (χ2v) is 6.97. The van der Waals surface area contributed by atoms with Crippen LogP contribution in [0.3, 0.4) is 0 Å². The van der Waals surface area contributed by atoms with Gasteiger partial charge in [-0.2, -0.15) is 0 Å². The minimum absolute atomic E-state index is 0.124. The van der Waals surface area contributed by atoms with Gasteiger partial charge in [0.15, 0.2) is 0 Å². The van der Waals surface area contributed by atoms with Crippen LogP contribution in [0.4, 0.5) is 5.69 Å². The summed E-state index contributed by atoms with van der Waals surface area (Å²) in [6.45, 7) is 2.02. The lowest BCUT2D eigenvalue weighted by atomic mass is 10.0. The van der Waals surface area contributed by atoms with E-state index in [0.717, 1.165) is 29.8 Å². The Kier molecular flexibility index (Phi) is 4.16. The lowest BCUT2D eigenvalue weighted by Gasteiger charge is -2.29. The zero-order valence-corrected chi connectivity index (χ0v) is 12.8. The minimum Gasteiger partial charge on any atom is -0.389 e. The third-order valence-electron chi connectivity index (χ3n) is 3.51. The van der Waals surface area contributed by atoms with Crippen LogP contribution in [0.15, 0.2) is 24.3 Å². The van der Waals surface area contributed by atoms with Crippen molar-refractivity contribution in [2.45, 2.75) is 24.5 Å². The predicted molar refractivity (Wildman–Crippen MR) is 85.8 cm³/mol. The zero-order chi connectivity index (χ0) is 14.0. The molecule has 0 aliphatic carbocycles. The maximum atomic E-state index is 12.7. The van der Waals surface area contributed by atoms with Crippen molar-refractivity contribution in [3.63, 3.8) is 0 Å². The SMILES string of the molecule is CN(C(=O)C1(C)CCCS1)c1ccccc1C(N)=S. The molecule has 1 aliphatic heterocycles. The van der Waals surface area contributed by atoms with Crippen molar-refractivity contribution in [1.82, 2.24) is 0 Å². The van der Waals surface area contributed by atoms with Gasteiger partial charge >= 0.3 is 0 Å². The molecule has 0 spiro atoms. The number of rotatable bonds is 3. The number of amides is 1. The Morgan fingerprint density at radius 1 is 1.47 bits per heavy atom. The van der Waals surface area contributed by atoms with E-state index in [0.29, 0.717) is 4.99 Å². The average molecular weight is 294 g/mol. The van der Waals surface area contributed by atoms with Gasteiger partial charge in [0.2, 0.25) is 5.91 Å². The lowest BCUT2D eigenvalue weighted by molar-refractivity contribution is -0.120. The number of hydrogen-bond donors (Lipinski definition) is 1. The number of nitrogens with two attached hydrogens (primary N) is 1. The molecule has 1 atom stereocenters. The molecule has 0 aromatic heterocycles. The Balaban J connectivity index is 2.31. The highest BCUT2D eigenvalue weighted by Crippen LogP contribution is 2.40. The number of carbonyl (C=O) groups excluding carboxylic acids is 1. The Hall–Kier alpha value is -1.07. The standard InChI is InChI=1S/C14H18N2OS2/c1-14(8-5-9-19-14)13(17)16(2)11-7-4-3-6-10(11)12(15)18/h3-4,6-7H,5,8-9H2,1-2H3,(H2,15,18). The number of nitrogens with zero attached hydrogens (tertiary/aromatic N) is 1. The Labute approximate surface area is 123 Å². The fourth-order valence-electron chi connectivity index (χ4n) is 2.39. The normalized spacial score (nSPS) is 22.2. The van der Waals surface area contributed by atoms with Gasteiger partial charge in [0.25, 0.3) is 0 Å². The molecule has 1 aromatic carbocycles. The van der Waals surface area contributed by atoms with Crippen LogP contribution in [0.5, 0.6) is 0 Å². The summed E-state index contributed by atoms with van der Waals surface area (Å²) < 4.78 is -0.321. The number of benzene rings is 1. The summed E-state index contributed by atoms with van der Waals surface area (Å²) in [5, 5.41) is 0. The smallest absolute Gasteiger partial charge is 0.242 e. The van der Waals surface area contributed by atoms with Gasteiger partial charge in [0.1, 0.15) is 4.99 Å². The lowest BCUT2D eigenvalue weighted by Crippen LogP contribution is -2.42. The van der Waals surface area contributed by atoms with Gasteiger partial charge in [-0.3, -0.25) is 4.79 Å². The van der Waals surface area contributed by atoms with Crippen molar-refractivity contribution in [1.29, 1.82) is 0 Å². The van der Waals surface area contributed by atoms with Crippen LogP contribution in [0, 0.1) is 0 Å². The molecule has 19 heavy (non-hydrogen) atoms. The molecule has 1 aliphatic rings. The van der Waals surface area contributed by atoms with Crippen molar-refractivity contribution >= 4 is 40.6 Å². The molecule has 102 valence electrons. The molecule has 1 unspecified atom stereocenters. The topological polar surface area (TPSA) is 46.3 Å². The summed E-state index contributed by atoms with van der Waals surface area (Å²) in [5.74, 6) is 1.17. The monoisotopic (exact) mass is 294 g/mol. The number of para-hydroxylation sites is 1. The van der Waals surface area contributed by atoms with Gasteiger partial charge in [-0.05, 0) is 37.7 Å². The van der Waals surface area contributed by atoms with Crippen LogP contribution in [0.2, 0.25) is 0 Å². The van der Waals surface area contributed by atoms with Crippen LogP contribution in [0.25, 0.3) is 0 Å². The van der Waals surface area contributed by atoms with E-state index >= 15 is 0 Å². The van der Waals surface area contributed by atoms with Crippen molar-refractivity contribution in [3.05, 3.63) is 29.8 Å². The van der Waals surface area contributed by atoms with E-state index in [1.807, 2.05) is 31.2 Å². The molecule has 1 fully saturated rings. The average Bonchev–Trinajstić information content (AvgIpc) is 2.85. The van der Waals surface area contributed by atoms with Gasteiger partial charge < -0.3 is 10.6 Å². The van der Waals surface area contributed by atoms with Crippen molar-refractivity contribution in [3.8, 4) is 0 Å². The summed E-state index contributed by atoms with van der Waals surface area (Å²) in [5.41, 5.74) is 7.26. The third-order valence-corrected chi connectivity index (χ3v) is 5.24. The minimum atomic E-state index is -0.321. The van der Waals surface area contributed by atoms with Gasteiger partial charge in [0, 0.05) is 12.6 Å². The van der Waals surface area contributed by atoms with E-state index in [-0.39, 0.29) is 10.7 Å². The third kappa shape index (κ3) is 2.77. The van der Waals surface area contributed by atoms with E-state index in [9.17, 15) is 4.79 Å². The largest absolute Gasteiger partial charge is 0.389 e. The molecule has 0 bridgehead atoms. The molecular formula is C14H18N2OS2. The molecule has 0 radical (unpaired) electrons. The maximum absolute atomic E-state index is 12.7. The number of carbonyl (C=O) groups is 1. The number of thioether (sulfide) groups is 1. The molecule has 2 N–H and O–H groups in total. The molecule has 2 rings (SSSR count). The van der Waals surface area contributed by atoms with Gasteiger partial charge in [0.05, 0.1) is 10.4 Å². The van der Waals surface area contributed by atoms with Crippen molar-refractivity contribution in [2.75, 3.05) is 17.7 Å². The van der Waals surface area contributed by atoms with E-state index in [4.69, 9.17) is 18.0 Å². The second kappa shape index (κ2) is 5.51. The molecule has 1 aromatic rings. The molecule has 5 heteroatoms. The quantitative estimate of drug-likeness (QED) is 0.870. The number of thiocarbonyl (C=S) groups is 1. The first-order chi connectivity index (χ1) is 8.96. The molecule has 0 saturated carbocycles. The molecule has 1 heterocycles. The fraction of sp³-hybridized carbons (Fsp3) is 0.429. The fourth-order valence-corrected chi connectivity index (χ4v) is 3.85. The van der Waals surface area contributed by atoms with Crippen LogP contribution in [-0.4, -0.2) is 28.4 Å². The summed E-state index contributed by atoms with van der Waals surface area (Å²) in [6, 6.07) is 7.51. The van der Waals surface area contributed by atoms with Gasteiger partial charge in [-0.1, -0.05) is 24.4 Å². The molecule has 1 amide bonds. The van der Waals surface area contributed by atoms with Crippen LogP contribution >= 0.6 is 24.0 Å². The van der Waals surface area contributed by atoms with E-state index in [2.05, 4.69) is 0 Å². The van der Waals surface area contributed by atoms with E-state index < -0.39 is 0 Å². The summed E-state index contributed by atoms with van der Waals surface area (Å²) in [6.07, 6.45) is 2.02. The first-order valence-corrected chi connectivity index (χ1v) is 7.66. The Bertz CT molecular complexity index is 510. The maximum Gasteiger partial charge on any atom is 0.242 e. The van der Waals surface area contributed by atoms with Crippen LogP contribution < -0.4 is 10.6 Å². The molecule has 1 saturated heterocycles. The van der Waals surface area contributed by atoms with Crippen LogP contribution in [0.1, 0.15) is 25.3 Å². The van der Waals surface area contributed by atoms with Crippen molar-refractivity contribution in [2.24, 2.45) is 5.73 Å². The number of anilines is 1. The highest BCUT2D eigenvalue weighted by Gasteiger charge is 2.39. The Morgan fingerprint density at radius 3 is 2.74 bits per heavy atom. The summed E-state index contributed by atoms with van der Waals surface area (Å²) in [4.78, 5) is 14.7. The number of hydrogen-bond acceptors (Lipinski definition) is 3. The summed E-state index contributed by atoms with van der Waals surface area (Å²) >= 11 is 6.79. The first-order valence-electron chi connectivity index (χ1n) is 6.27. The molecular weight excluding hydrogens is 276 g/mol. The van der Waals surface area contributed by atoms with E-state index in [1.165, 1.54) is 0 Å². The molecule has 3 nitrogen and oxygen atoms in total. The Morgan fingerprint density at radius 2 is 2.16 bits per heavy atom. The summed E-state index contributed by atoms with van der Waals surface area (Å²) in [7, 11) is 1.80. The zero-order valence-electron chi connectivity index (χ0n) is 11.2. The van der Waals surface area contributed by atoms with Crippen LogP contribution in [-0.2, 0) is 4.79 Å². The first kappa shape index (κ1) is 14.3. The second-order valence-electron chi connectivity index (χ2n) is 4.93. The van der Waals surface area contributed by atoms with Gasteiger partial charge in [-0.15, -0.1) is 11.8 Å². The van der Waals surface area contributed by atoms with Crippen molar-refractivity contribution < 1.29 is 4.79 Å². The highest BCUT2D eigenvalue weighted by atomic mass is 32.2. The van der Waals surface area contributed by atoms with Gasteiger partial charge in [-0.25, -0.2) is 0 Å².